The molecule has 1 rings (SSSR count). The summed E-state index contributed by atoms with van der Waals surface area (Å²) in [5.41, 5.74) is 0.948. The Bertz CT molecular complexity index is 501. The third kappa shape index (κ3) is 5.10. The topological polar surface area (TPSA) is 49.4 Å². The number of sulfonamides is 1. The number of benzene rings is 1. The summed E-state index contributed by atoms with van der Waals surface area (Å²) < 4.78 is 25.1. The Morgan fingerprint density at radius 2 is 1.84 bits per heavy atom. The Morgan fingerprint density at radius 3 is 2.32 bits per heavy atom. The summed E-state index contributed by atoms with van der Waals surface area (Å²) in [5, 5.41) is 0.662. The number of hydrogen-bond acceptors (Lipinski definition) is 3. The van der Waals surface area contributed by atoms with E-state index in [4.69, 9.17) is 11.6 Å². The molecule has 4 nitrogen and oxygen atoms in total. The first-order chi connectivity index (χ1) is 8.89. The highest BCUT2D eigenvalue weighted by molar-refractivity contribution is 7.88. The first-order valence-corrected chi connectivity index (χ1v) is 8.59. The van der Waals surface area contributed by atoms with E-state index in [-0.39, 0.29) is 6.04 Å². The van der Waals surface area contributed by atoms with E-state index < -0.39 is 10.0 Å². The molecule has 0 spiro atoms. The molecule has 108 valence electrons. The SMILES string of the molecule is CCN(CC)C(CNS(C)(=O)=O)c1ccccc1Cl. The van der Waals surface area contributed by atoms with Crippen LogP contribution in [0.1, 0.15) is 25.5 Å². The smallest absolute Gasteiger partial charge is 0.208 e. The molecule has 1 atom stereocenters. The maximum atomic E-state index is 11.3. The number of nitrogens with zero attached hydrogens (tertiary/aromatic N) is 1. The van der Waals surface area contributed by atoms with Crippen LogP contribution in [-0.4, -0.2) is 39.2 Å². The molecule has 0 saturated carbocycles. The van der Waals surface area contributed by atoms with Gasteiger partial charge in [-0.3, -0.25) is 4.90 Å². The van der Waals surface area contributed by atoms with Crippen molar-refractivity contribution in [1.29, 1.82) is 0 Å². The highest BCUT2D eigenvalue weighted by Crippen LogP contribution is 2.26. The summed E-state index contributed by atoms with van der Waals surface area (Å²) >= 11 is 6.22. The lowest BCUT2D eigenvalue weighted by Crippen LogP contribution is -2.37. The molecule has 0 saturated heterocycles. The van der Waals surface area contributed by atoms with Crippen molar-refractivity contribution < 1.29 is 8.42 Å². The molecule has 6 heteroatoms. The zero-order valence-electron chi connectivity index (χ0n) is 11.6. The lowest BCUT2D eigenvalue weighted by Gasteiger charge is -2.30. The van der Waals surface area contributed by atoms with E-state index in [0.29, 0.717) is 11.6 Å². The summed E-state index contributed by atoms with van der Waals surface area (Å²) in [6.07, 6.45) is 1.17. The molecule has 0 aliphatic heterocycles. The minimum Gasteiger partial charge on any atom is -0.296 e. The van der Waals surface area contributed by atoms with E-state index in [1.54, 1.807) is 0 Å². The first-order valence-electron chi connectivity index (χ1n) is 6.32. The van der Waals surface area contributed by atoms with Crippen molar-refractivity contribution in [3.63, 3.8) is 0 Å². The van der Waals surface area contributed by atoms with Crippen molar-refractivity contribution in [2.75, 3.05) is 25.9 Å². The van der Waals surface area contributed by atoms with Crippen LogP contribution in [0, 0.1) is 0 Å². The van der Waals surface area contributed by atoms with Crippen LogP contribution in [0.5, 0.6) is 0 Å². The average molecular weight is 305 g/mol. The second-order valence-corrected chi connectivity index (χ2v) is 6.62. The van der Waals surface area contributed by atoms with Crippen LogP contribution in [0.2, 0.25) is 5.02 Å². The summed E-state index contributed by atoms with van der Waals surface area (Å²) in [6.45, 7) is 6.08. The van der Waals surface area contributed by atoms with Crippen molar-refractivity contribution in [2.24, 2.45) is 0 Å². The normalized spacial score (nSPS) is 13.7. The van der Waals surface area contributed by atoms with Gasteiger partial charge >= 0.3 is 0 Å². The molecule has 0 fully saturated rings. The lowest BCUT2D eigenvalue weighted by molar-refractivity contribution is 0.220. The summed E-state index contributed by atoms with van der Waals surface area (Å²) in [6, 6.07) is 7.49. The molecule has 0 aliphatic rings. The van der Waals surface area contributed by atoms with Crippen molar-refractivity contribution in [3.8, 4) is 0 Å². The van der Waals surface area contributed by atoms with E-state index in [1.165, 1.54) is 6.26 Å². The number of hydrogen-bond donors (Lipinski definition) is 1. The Balaban J connectivity index is 3.02. The number of halogens is 1. The number of likely N-dealkylation sites (N-methyl/N-ethyl adjacent to an activating group) is 1. The summed E-state index contributed by atoms with van der Waals surface area (Å²) in [5.74, 6) is 0. The molecule has 0 heterocycles. The summed E-state index contributed by atoms with van der Waals surface area (Å²) in [4.78, 5) is 2.18. The number of nitrogens with one attached hydrogen (secondary N) is 1. The second-order valence-electron chi connectivity index (χ2n) is 4.38. The molecule has 1 aromatic carbocycles. The van der Waals surface area contributed by atoms with Crippen LogP contribution in [0.3, 0.4) is 0 Å². The molecular formula is C13H21ClN2O2S. The monoisotopic (exact) mass is 304 g/mol. The maximum Gasteiger partial charge on any atom is 0.208 e. The van der Waals surface area contributed by atoms with Gasteiger partial charge in [0.05, 0.1) is 6.26 Å². The van der Waals surface area contributed by atoms with Crippen LogP contribution in [0.25, 0.3) is 0 Å². The van der Waals surface area contributed by atoms with Crippen molar-refractivity contribution in [1.82, 2.24) is 9.62 Å². The van der Waals surface area contributed by atoms with Gasteiger partial charge in [-0.15, -0.1) is 0 Å². The highest BCUT2D eigenvalue weighted by atomic mass is 35.5. The van der Waals surface area contributed by atoms with Gasteiger partial charge in [0.25, 0.3) is 0 Å². The number of rotatable bonds is 7. The second kappa shape index (κ2) is 7.24. The van der Waals surface area contributed by atoms with Crippen molar-refractivity contribution in [2.45, 2.75) is 19.9 Å². The minimum atomic E-state index is -3.21. The summed E-state index contributed by atoms with van der Waals surface area (Å²) in [7, 11) is -3.21. The van der Waals surface area contributed by atoms with Crippen molar-refractivity contribution in [3.05, 3.63) is 34.9 Å². The molecule has 1 unspecified atom stereocenters. The fourth-order valence-corrected chi connectivity index (χ4v) is 2.80. The van der Waals surface area contributed by atoms with E-state index in [9.17, 15) is 8.42 Å². The van der Waals surface area contributed by atoms with Crippen molar-refractivity contribution >= 4 is 21.6 Å². The van der Waals surface area contributed by atoms with Gasteiger partial charge in [0.15, 0.2) is 0 Å². The van der Waals surface area contributed by atoms with Crippen LogP contribution in [-0.2, 0) is 10.0 Å². The zero-order chi connectivity index (χ0) is 14.5. The lowest BCUT2D eigenvalue weighted by atomic mass is 10.1. The van der Waals surface area contributed by atoms with Crippen LogP contribution in [0.4, 0.5) is 0 Å². The van der Waals surface area contributed by atoms with Crippen LogP contribution in [0.15, 0.2) is 24.3 Å². The fraction of sp³-hybridized carbons (Fsp3) is 0.538. The Labute approximate surface area is 120 Å². The molecule has 1 N–H and O–H groups in total. The van der Waals surface area contributed by atoms with Gasteiger partial charge in [-0.2, -0.15) is 0 Å². The van der Waals surface area contributed by atoms with E-state index in [2.05, 4.69) is 9.62 Å². The molecule has 1 aromatic rings. The molecular weight excluding hydrogens is 284 g/mol. The third-order valence-corrected chi connectivity index (χ3v) is 4.09. The van der Waals surface area contributed by atoms with Gasteiger partial charge in [-0.05, 0) is 24.7 Å². The van der Waals surface area contributed by atoms with Gasteiger partial charge in [0.1, 0.15) is 0 Å². The van der Waals surface area contributed by atoms with Gasteiger partial charge in [0, 0.05) is 17.6 Å². The Morgan fingerprint density at radius 1 is 1.26 bits per heavy atom. The molecule has 19 heavy (non-hydrogen) atoms. The molecule has 0 bridgehead atoms. The minimum absolute atomic E-state index is 0.0570. The van der Waals surface area contributed by atoms with E-state index >= 15 is 0 Å². The third-order valence-electron chi connectivity index (χ3n) is 3.06. The standard InChI is InChI=1S/C13H21ClN2O2S/c1-4-16(5-2)13(10-15-19(3,17)18)11-8-6-7-9-12(11)14/h6-9,13,15H,4-5,10H2,1-3H3. The predicted octanol–water partition coefficient (Wildman–Crippen LogP) is 2.27. The van der Waals surface area contributed by atoms with E-state index in [1.807, 2.05) is 38.1 Å². The van der Waals surface area contributed by atoms with Gasteiger partial charge in [0.2, 0.25) is 10.0 Å². The molecule has 0 amide bonds. The fourth-order valence-electron chi connectivity index (χ4n) is 2.08. The Hall–Kier alpha value is -0.620. The zero-order valence-corrected chi connectivity index (χ0v) is 13.1. The van der Waals surface area contributed by atoms with Gasteiger partial charge in [-0.1, -0.05) is 43.6 Å². The molecule has 0 radical (unpaired) electrons. The van der Waals surface area contributed by atoms with Crippen LogP contribution < -0.4 is 4.72 Å². The van der Waals surface area contributed by atoms with Gasteiger partial charge in [-0.25, -0.2) is 13.1 Å². The Kier molecular flexibility index (Phi) is 6.26. The molecule has 0 aromatic heterocycles. The highest BCUT2D eigenvalue weighted by Gasteiger charge is 2.21. The largest absolute Gasteiger partial charge is 0.296 e. The van der Waals surface area contributed by atoms with Crippen LogP contribution >= 0.6 is 11.6 Å². The quantitative estimate of drug-likeness (QED) is 0.841. The predicted molar refractivity (Wildman–Crippen MR) is 80.0 cm³/mol. The van der Waals surface area contributed by atoms with Gasteiger partial charge < -0.3 is 0 Å². The van der Waals surface area contributed by atoms with E-state index in [0.717, 1.165) is 18.7 Å². The molecule has 0 aliphatic carbocycles. The maximum absolute atomic E-state index is 11.3. The average Bonchev–Trinajstić information content (AvgIpc) is 2.34. The first kappa shape index (κ1) is 16.4.